The molecule has 4 heteroatoms. The monoisotopic (exact) mass is 213 g/mol. The van der Waals surface area contributed by atoms with Crippen molar-refractivity contribution in [1.82, 2.24) is 5.32 Å². The average molecular weight is 213 g/mol. The average Bonchev–Trinajstić information content (AvgIpc) is 2.95. The maximum Gasteiger partial charge on any atom is 0.236 e. The molecule has 0 radical (unpaired) electrons. The molecule has 1 amide bonds. The van der Waals surface area contributed by atoms with Crippen LogP contribution in [0.3, 0.4) is 0 Å². The Hall–Kier alpha value is -0.610. The second-order valence-electron chi connectivity index (χ2n) is 4.98. The second-order valence-corrected chi connectivity index (χ2v) is 4.98. The number of hydrogen-bond donors (Lipinski definition) is 3. The first-order chi connectivity index (χ1) is 7.00. The predicted molar refractivity (Wildman–Crippen MR) is 61.1 cm³/mol. The summed E-state index contributed by atoms with van der Waals surface area (Å²) in [5, 5.41) is 2.82. The normalized spacial score (nSPS) is 20.1. The summed E-state index contributed by atoms with van der Waals surface area (Å²) in [6.07, 6.45) is 3.13. The summed E-state index contributed by atoms with van der Waals surface area (Å²) in [6, 6.07) is -0.281. The zero-order valence-corrected chi connectivity index (χ0v) is 9.70. The van der Waals surface area contributed by atoms with Crippen molar-refractivity contribution < 1.29 is 4.79 Å². The van der Waals surface area contributed by atoms with Crippen LogP contribution < -0.4 is 16.8 Å². The fraction of sp³-hybridized carbons (Fsp3) is 0.909. The van der Waals surface area contributed by atoms with Crippen LogP contribution in [0.2, 0.25) is 0 Å². The highest BCUT2D eigenvalue weighted by molar-refractivity contribution is 5.81. The molecule has 5 N–H and O–H groups in total. The van der Waals surface area contributed by atoms with Gasteiger partial charge >= 0.3 is 0 Å². The minimum absolute atomic E-state index is 0.0696. The van der Waals surface area contributed by atoms with E-state index >= 15 is 0 Å². The molecule has 0 aliphatic heterocycles. The first kappa shape index (κ1) is 12.5. The lowest BCUT2D eigenvalue weighted by Crippen LogP contribution is -2.46. The van der Waals surface area contributed by atoms with E-state index in [0.29, 0.717) is 18.4 Å². The van der Waals surface area contributed by atoms with Gasteiger partial charge in [0, 0.05) is 12.6 Å². The molecule has 0 spiro atoms. The van der Waals surface area contributed by atoms with E-state index < -0.39 is 6.04 Å². The number of carbonyl (C=O) groups is 1. The predicted octanol–water partition coefficient (Wildman–Crippen LogP) is 0.213. The van der Waals surface area contributed by atoms with Crippen molar-refractivity contribution in [2.75, 3.05) is 6.54 Å². The molecule has 1 aliphatic carbocycles. The molecule has 2 atom stereocenters. The molecule has 1 rings (SSSR count). The van der Waals surface area contributed by atoms with Crippen molar-refractivity contribution in [1.29, 1.82) is 0 Å². The summed E-state index contributed by atoms with van der Waals surface area (Å²) in [5.74, 6) is 0.995. The first-order valence-electron chi connectivity index (χ1n) is 5.79. The van der Waals surface area contributed by atoms with Crippen LogP contribution in [0.5, 0.6) is 0 Å². The fourth-order valence-corrected chi connectivity index (χ4v) is 1.66. The molecule has 0 aromatic heterocycles. The smallest absolute Gasteiger partial charge is 0.236 e. The Kier molecular flexibility index (Phi) is 4.54. The van der Waals surface area contributed by atoms with Crippen LogP contribution in [0, 0.1) is 11.8 Å². The van der Waals surface area contributed by atoms with Crippen LogP contribution in [0.25, 0.3) is 0 Å². The highest BCUT2D eigenvalue weighted by Gasteiger charge is 2.28. The van der Waals surface area contributed by atoms with Gasteiger partial charge in [0.05, 0.1) is 6.04 Å². The molecule has 15 heavy (non-hydrogen) atoms. The van der Waals surface area contributed by atoms with Crippen molar-refractivity contribution >= 4 is 5.91 Å². The van der Waals surface area contributed by atoms with Gasteiger partial charge in [-0.25, -0.2) is 0 Å². The summed E-state index contributed by atoms with van der Waals surface area (Å²) >= 11 is 0. The summed E-state index contributed by atoms with van der Waals surface area (Å²) < 4.78 is 0. The largest absolute Gasteiger partial charge is 0.353 e. The van der Waals surface area contributed by atoms with Gasteiger partial charge in [-0.2, -0.15) is 0 Å². The third-order valence-corrected chi connectivity index (χ3v) is 2.80. The van der Waals surface area contributed by atoms with Crippen LogP contribution in [-0.2, 0) is 4.79 Å². The third-order valence-electron chi connectivity index (χ3n) is 2.80. The second kappa shape index (κ2) is 5.47. The topological polar surface area (TPSA) is 81.1 Å². The molecule has 1 aliphatic rings. The van der Waals surface area contributed by atoms with Gasteiger partial charge in [-0.3, -0.25) is 4.79 Å². The highest BCUT2D eigenvalue weighted by atomic mass is 16.2. The molecular formula is C11H23N3O. The van der Waals surface area contributed by atoms with Crippen LogP contribution in [-0.4, -0.2) is 24.5 Å². The third kappa shape index (κ3) is 4.62. The van der Waals surface area contributed by atoms with Gasteiger partial charge in [0.25, 0.3) is 0 Å². The van der Waals surface area contributed by atoms with Gasteiger partial charge in [-0.15, -0.1) is 0 Å². The van der Waals surface area contributed by atoms with E-state index in [1.54, 1.807) is 0 Å². The Labute approximate surface area is 91.8 Å². The lowest BCUT2D eigenvalue weighted by atomic mass is 10.0. The molecule has 1 unspecified atom stereocenters. The van der Waals surface area contributed by atoms with Gasteiger partial charge in [0.15, 0.2) is 0 Å². The zero-order chi connectivity index (χ0) is 11.4. The maximum atomic E-state index is 11.5. The molecule has 0 aromatic carbocycles. The number of nitrogens with one attached hydrogen (secondary N) is 1. The summed E-state index contributed by atoms with van der Waals surface area (Å²) in [4.78, 5) is 11.5. The van der Waals surface area contributed by atoms with Gasteiger partial charge in [0.2, 0.25) is 5.91 Å². The highest BCUT2D eigenvalue weighted by Crippen LogP contribution is 2.31. The quantitative estimate of drug-likeness (QED) is 0.590. The Morgan fingerprint density at radius 3 is 2.47 bits per heavy atom. The molecule has 1 saturated carbocycles. The lowest BCUT2D eigenvalue weighted by Gasteiger charge is -2.16. The molecule has 0 bridgehead atoms. The Balaban J connectivity index is 2.16. The summed E-state index contributed by atoms with van der Waals surface area (Å²) in [6.45, 7) is 4.68. The van der Waals surface area contributed by atoms with Crippen LogP contribution >= 0.6 is 0 Å². The van der Waals surface area contributed by atoms with Gasteiger partial charge < -0.3 is 16.8 Å². The van der Waals surface area contributed by atoms with Crippen molar-refractivity contribution in [2.45, 2.75) is 45.2 Å². The van der Waals surface area contributed by atoms with Gasteiger partial charge in [0.1, 0.15) is 0 Å². The summed E-state index contributed by atoms with van der Waals surface area (Å²) in [5.41, 5.74) is 11.6. The van der Waals surface area contributed by atoms with Gasteiger partial charge in [-0.05, 0) is 31.1 Å². The zero-order valence-electron chi connectivity index (χ0n) is 9.70. The SMILES string of the molecule is CC(C)C[C@H](N)C(=O)NCC(N)C1CC1. The molecule has 0 aromatic rings. The van der Waals surface area contributed by atoms with E-state index in [2.05, 4.69) is 19.2 Å². The van der Waals surface area contributed by atoms with E-state index in [0.717, 1.165) is 6.42 Å². The molecule has 1 fully saturated rings. The van der Waals surface area contributed by atoms with Crippen molar-refractivity contribution in [3.05, 3.63) is 0 Å². The van der Waals surface area contributed by atoms with E-state index in [9.17, 15) is 4.79 Å². The van der Waals surface area contributed by atoms with E-state index in [1.165, 1.54) is 12.8 Å². The minimum atomic E-state index is -0.392. The number of rotatable bonds is 6. The Morgan fingerprint density at radius 1 is 1.40 bits per heavy atom. The van der Waals surface area contributed by atoms with Gasteiger partial charge in [-0.1, -0.05) is 13.8 Å². The standard InChI is InChI=1S/C11H23N3O/c1-7(2)5-9(12)11(15)14-6-10(13)8-3-4-8/h7-10H,3-6,12-13H2,1-2H3,(H,14,15)/t9-,10?/m0/s1. The van der Waals surface area contributed by atoms with Crippen LogP contribution in [0.1, 0.15) is 33.1 Å². The fourth-order valence-electron chi connectivity index (χ4n) is 1.66. The summed E-state index contributed by atoms with van der Waals surface area (Å²) in [7, 11) is 0. The first-order valence-corrected chi connectivity index (χ1v) is 5.79. The van der Waals surface area contributed by atoms with E-state index in [1.807, 2.05) is 0 Å². The van der Waals surface area contributed by atoms with Crippen LogP contribution in [0.15, 0.2) is 0 Å². The lowest BCUT2D eigenvalue weighted by molar-refractivity contribution is -0.122. The molecule has 88 valence electrons. The Bertz CT molecular complexity index is 214. The number of hydrogen-bond acceptors (Lipinski definition) is 3. The number of nitrogens with two attached hydrogens (primary N) is 2. The van der Waals surface area contributed by atoms with Crippen molar-refractivity contribution in [3.8, 4) is 0 Å². The number of carbonyl (C=O) groups excluding carboxylic acids is 1. The van der Waals surface area contributed by atoms with E-state index in [-0.39, 0.29) is 11.9 Å². The maximum absolute atomic E-state index is 11.5. The molecule has 4 nitrogen and oxygen atoms in total. The molecule has 0 heterocycles. The molecule has 0 saturated heterocycles. The van der Waals surface area contributed by atoms with Crippen molar-refractivity contribution in [2.24, 2.45) is 23.3 Å². The van der Waals surface area contributed by atoms with Crippen molar-refractivity contribution in [3.63, 3.8) is 0 Å². The molecular weight excluding hydrogens is 190 g/mol. The van der Waals surface area contributed by atoms with Crippen LogP contribution in [0.4, 0.5) is 0 Å². The number of amides is 1. The van der Waals surface area contributed by atoms with E-state index in [4.69, 9.17) is 11.5 Å². The Morgan fingerprint density at radius 2 is 2.00 bits per heavy atom. The minimum Gasteiger partial charge on any atom is -0.353 e.